The second kappa shape index (κ2) is 16.9. The molecule has 1 heterocycles. The van der Waals surface area contributed by atoms with Crippen LogP contribution >= 0.6 is 0 Å². The summed E-state index contributed by atoms with van der Waals surface area (Å²) >= 11 is 0. The summed E-state index contributed by atoms with van der Waals surface area (Å²) in [5.41, 5.74) is 13.2. The fraction of sp³-hybridized carbons (Fsp3) is 0.152. The number of pyridine rings is 1. The van der Waals surface area contributed by atoms with Crippen LogP contribution in [0, 0.1) is 0 Å². The molecule has 0 saturated heterocycles. The summed E-state index contributed by atoms with van der Waals surface area (Å²) in [5.74, 6) is 0. The molecule has 1 aliphatic rings. The molecule has 0 radical (unpaired) electrons. The smallest absolute Gasteiger partial charge is 0.0516 e. The van der Waals surface area contributed by atoms with Crippen LogP contribution in [0.1, 0.15) is 68.1 Å². The normalized spacial score (nSPS) is 12.4. The average Bonchev–Trinajstić information content (AvgIpc) is 3.12. The van der Waals surface area contributed by atoms with Gasteiger partial charge in [-0.25, -0.2) is 0 Å². The van der Waals surface area contributed by atoms with E-state index >= 15 is 0 Å². The van der Waals surface area contributed by atoms with Crippen molar-refractivity contribution in [2.75, 3.05) is 0 Å². The van der Waals surface area contributed by atoms with Gasteiger partial charge < -0.3 is 0 Å². The Morgan fingerprint density at radius 3 is 2.40 bits per heavy atom. The Kier molecular flexibility index (Phi) is 12.4. The Labute approximate surface area is 282 Å². The van der Waals surface area contributed by atoms with E-state index in [1.54, 1.807) is 0 Å². The molecule has 5 aromatic rings. The van der Waals surface area contributed by atoms with E-state index in [0.717, 1.165) is 36.1 Å². The highest BCUT2D eigenvalue weighted by Gasteiger charge is 2.12. The van der Waals surface area contributed by atoms with Crippen molar-refractivity contribution < 1.29 is 0 Å². The standard InChI is InChI=1S/C43H37N.C2H6.CH4/c1-4-13-31(17-12-22-43-40-21-10-7-15-33(40)27-28-44-43)35-18-11-19-36(29-35)32-23-25-34(26-24-32)42-30-37-16-8-9-20-39(37)38(6-3)41(42)14-5-2;1-2;/h4-6,8-14,16-21,23-30H,1,3,7,15,22H2,2H3;1-2H3;1H4/b14-5-,17-12-,31-13+;;. The van der Waals surface area contributed by atoms with E-state index in [1.165, 1.54) is 55.3 Å². The zero-order chi connectivity index (χ0) is 32.3. The van der Waals surface area contributed by atoms with E-state index in [1.807, 2.05) is 32.2 Å². The maximum Gasteiger partial charge on any atom is 0.0516 e. The van der Waals surface area contributed by atoms with Gasteiger partial charge in [0.25, 0.3) is 0 Å². The van der Waals surface area contributed by atoms with Gasteiger partial charge in [-0.1, -0.05) is 156 Å². The van der Waals surface area contributed by atoms with Gasteiger partial charge >= 0.3 is 0 Å². The van der Waals surface area contributed by atoms with Crippen LogP contribution in [0.15, 0.2) is 141 Å². The second-order valence-corrected chi connectivity index (χ2v) is 11.1. The van der Waals surface area contributed by atoms with Crippen LogP contribution in [-0.2, 0) is 12.8 Å². The molecule has 47 heavy (non-hydrogen) atoms. The SMILES string of the molecule is C.C=C/C=C(\C=C/Cc1nccc2c1C=CCC2)c1cccc(-c2ccc(-c3cc4ccccc4c(C=C)c3/C=C\C)cc2)c1.CC. The Morgan fingerprint density at radius 2 is 1.64 bits per heavy atom. The third-order valence-corrected chi connectivity index (χ3v) is 8.33. The zero-order valence-electron chi connectivity index (χ0n) is 27.3. The Morgan fingerprint density at radius 1 is 0.851 bits per heavy atom. The van der Waals surface area contributed by atoms with Gasteiger partial charge in [-0.15, -0.1) is 0 Å². The van der Waals surface area contributed by atoms with Gasteiger partial charge in [0.1, 0.15) is 0 Å². The molecule has 0 atom stereocenters. The maximum atomic E-state index is 4.68. The molecule has 0 saturated carbocycles. The van der Waals surface area contributed by atoms with Crippen LogP contribution in [-0.4, -0.2) is 4.98 Å². The molecule has 0 N–H and O–H groups in total. The van der Waals surface area contributed by atoms with Crippen molar-refractivity contribution >= 4 is 34.6 Å². The molecule has 0 fully saturated rings. The van der Waals surface area contributed by atoms with Crippen molar-refractivity contribution in [1.82, 2.24) is 4.98 Å². The van der Waals surface area contributed by atoms with Gasteiger partial charge in [0.05, 0.1) is 5.69 Å². The minimum Gasteiger partial charge on any atom is -0.260 e. The minimum atomic E-state index is 0. The van der Waals surface area contributed by atoms with Crippen molar-refractivity contribution in [3.63, 3.8) is 0 Å². The summed E-state index contributed by atoms with van der Waals surface area (Å²) in [6, 6.07) is 30.6. The molecule has 4 aromatic carbocycles. The van der Waals surface area contributed by atoms with Gasteiger partial charge in [0, 0.05) is 12.6 Å². The predicted octanol–water partition coefficient (Wildman–Crippen LogP) is 13.2. The number of aromatic nitrogens is 1. The highest BCUT2D eigenvalue weighted by Crippen LogP contribution is 2.36. The van der Waals surface area contributed by atoms with Gasteiger partial charge in [0.2, 0.25) is 0 Å². The lowest BCUT2D eigenvalue weighted by Gasteiger charge is -2.15. The minimum absolute atomic E-state index is 0. The third-order valence-electron chi connectivity index (χ3n) is 8.33. The van der Waals surface area contributed by atoms with E-state index in [0.29, 0.717) is 0 Å². The first-order valence-electron chi connectivity index (χ1n) is 16.3. The summed E-state index contributed by atoms with van der Waals surface area (Å²) in [6.07, 6.45) is 24.0. The first-order valence-corrected chi connectivity index (χ1v) is 16.3. The average molecular weight is 614 g/mol. The van der Waals surface area contributed by atoms with Crippen LogP contribution in [0.25, 0.3) is 56.8 Å². The molecule has 0 amide bonds. The van der Waals surface area contributed by atoms with E-state index in [-0.39, 0.29) is 7.43 Å². The molecule has 0 aliphatic heterocycles. The van der Waals surface area contributed by atoms with E-state index in [4.69, 9.17) is 0 Å². The number of allylic oxidation sites excluding steroid dienone is 7. The predicted molar refractivity (Wildman–Crippen MR) is 210 cm³/mol. The summed E-state index contributed by atoms with van der Waals surface area (Å²) in [5, 5.41) is 2.44. The second-order valence-electron chi connectivity index (χ2n) is 11.1. The van der Waals surface area contributed by atoms with Crippen LogP contribution in [0.5, 0.6) is 0 Å². The van der Waals surface area contributed by atoms with E-state index < -0.39 is 0 Å². The quantitative estimate of drug-likeness (QED) is 0.151. The van der Waals surface area contributed by atoms with Gasteiger partial charge in [0.15, 0.2) is 0 Å². The molecule has 1 aromatic heterocycles. The number of rotatable bonds is 9. The lowest BCUT2D eigenvalue weighted by atomic mass is 9.89. The molecule has 1 heteroatoms. The lowest BCUT2D eigenvalue weighted by molar-refractivity contribution is 0.955. The number of hydrogen-bond donors (Lipinski definition) is 0. The van der Waals surface area contributed by atoms with E-state index in [2.05, 4.69) is 153 Å². The number of hydrogen-bond acceptors (Lipinski definition) is 1. The van der Waals surface area contributed by atoms with Crippen molar-refractivity contribution in [3.8, 4) is 22.3 Å². The summed E-state index contributed by atoms with van der Waals surface area (Å²) in [4.78, 5) is 4.68. The molecular formula is C46H47N. The first kappa shape index (κ1) is 34.6. The lowest BCUT2D eigenvalue weighted by Crippen LogP contribution is -2.01. The van der Waals surface area contributed by atoms with Gasteiger partial charge in [-0.2, -0.15) is 0 Å². The van der Waals surface area contributed by atoms with Crippen molar-refractivity contribution in [1.29, 1.82) is 0 Å². The maximum absolute atomic E-state index is 4.68. The zero-order valence-corrected chi connectivity index (χ0v) is 27.3. The van der Waals surface area contributed by atoms with Gasteiger partial charge in [-0.3, -0.25) is 4.98 Å². The van der Waals surface area contributed by atoms with Crippen LogP contribution in [0.3, 0.4) is 0 Å². The van der Waals surface area contributed by atoms with Crippen LogP contribution < -0.4 is 0 Å². The topological polar surface area (TPSA) is 12.9 Å². The van der Waals surface area contributed by atoms with Crippen molar-refractivity contribution in [2.45, 2.75) is 47.5 Å². The Hall–Kier alpha value is -5.27. The van der Waals surface area contributed by atoms with Gasteiger partial charge in [-0.05, 0) is 104 Å². The molecule has 0 spiro atoms. The molecule has 236 valence electrons. The summed E-state index contributed by atoms with van der Waals surface area (Å²) < 4.78 is 0. The van der Waals surface area contributed by atoms with E-state index in [9.17, 15) is 0 Å². The highest BCUT2D eigenvalue weighted by molar-refractivity contribution is 5.99. The van der Waals surface area contributed by atoms with Crippen molar-refractivity contribution in [2.24, 2.45) is 0 Å². The fourth-order valence-electron chi connectivity index (χ4n) is 6.18. The highest BCUT2D eigenvalue weighted by atomic mass is 14.7. The molecule has 0 unspecified atom stereocenters. The monoisotopic (exact) mass is 613 g/mol. The van der Waals surface area contributed by atoms with Crippen molar-refractivity contribution in [3.05, 3.63) is 174 Å². The molecule has 6 rings (SSSR count). The molecule has 1 nitrogen and oxygen atoms in total. The largest absolute Gasteiger partial charge is 0.260 e. The fourth-order valence-corrected chi connectivity index (χ4v) is 6.18. The molecule has 0 bridgehead atoms. The first-order chi connectivity index (χ1) is 22.7. The summed E-state index contributed by atoms with van der Waals surface area (Å²) in [7, 11) is 0. The van der Waals surface area contributed by atoms with Crippen LogP contribution in [0.2, 0.25) is 0 Å². The molecule has 1 aliphatic carbocycles. The molecular weight excluding hydrogens is 567 g/mol. The number of aryl methyl sites for hydroxylation is 1. The number of benzene rings is 4. The number of fused-ring (bicyclic) bond motifs is 2. The Balaban J connectivity index is 0.00000164. The van der Waals surface area contributed by atoms with Crippen LogP contribution in [0.4, 0.5) is 0 Å². The summed E-state index contributed by atoms with van der Waals surface area (Å²) in [6.45, 7) is 14.2. The third kappa shape index (κ3) is 7.76. The Bertz CT molecular complexity index is 1960. The number of nitrogens with zero attached hydrogens (tertiary/aromatic N) is 1.